The molecular weight excluding hydrogens is 256 g/mol. The molecule has 0 N–H and O–H groups in total. The lowest BCUT2D eigenvalue weighted by Crippen LogP contribution is -2.26. The second-order valence-electron chi connectivity index (χ2n) is 4.04. The lowest BCUT2D eigenvalue weighted by Gasteiger charge is -2.18. The molecular formula is C15H12N2OS. The minimum absolute atomic E-state index is 0.129. The van der Waals surface area contributed by atoms with Crippen molar-refractivity contribution in [2.75, 3.05) is 11.9 Å². The van der Waals surface area contributed by atoms with Gasteiger partial charge in [-0.2, -0.15) is 5.26 Å². The standard InChI is InChI=1S/C15H12N2OS/c1-17(12-8-6-11(10-16)7-9-12)15(18)13-4-2-3-5-14(13)19/h2-9,19H,1H3. The van der Waals surface area contributed by atoms with Crippen molar-refractivity contribution in [2.45, 2.75) is 4.90 Å². The third-order valence-corrected chi connectivity index (χ3v) is 3.21. The number of benzene rings is 2. The van der Waals surface area contributed by atoms with Crippen molar-refractivity contribution in [3.05, 3.63) is 59.7 Å². The first kappa shape index (κ1) is 13.2. The van der Waals surface area contributed by atoms with Gasteiger partial charge in [0, 0.05) is 17.6 Å². The van der Waals surface area contributed by atoms with Crippen LogP contribution >= 0.6 is 12.6 Å². The smallest absolute Gasteiger partial charge is 0.259 e. The van der Waals surface area contributed by atoms with Gasteiger partial charge in [-0.05, 0) is 36.4 Å². The van der Waals surface area contributed by atoms with Crippen molar-refractivity contribution in [1.29, 1.82) is 5.26 Å². The molecule has 0 aromatic heterocycles. The first-order valence-corrected chi connectivity index (χ1v) is 6.14. The molecule has 0 aliphatic rings. The summed E-state index contributed by atoms with van der Waals surface area (Å²) in [6.45, 7) is 0. The second kappa shape index (κ2) is 5.59. The number of carbonyl (C=O) groups is 1. The molecule has 0 aliphatic heterocycles. The highest BCUT2D eigenvalue weighted by molar-refractivity contribution is 7.80. The topological polar surface area (TPSA) is 44.1 Å². The van der Waals surface area contributed by atoms with Gasteiger partial charge in [-0.25, -0.2) is 0 Å². The lowest BCUT2D eigenvalue weighted by molar-refractivity contribution is 0.0990. The van der Waals surface area contributed by atoms with Gasteiger partial charge in [0.2, 0.25) is 0 Å². The second-order valence-corrected chi connectivity index (χ2v) is 4.52. The molecule has 94 valence electrons. The van der Waals surface area contributed by atoms with E-state index in [9.17, 15) is 4.79 Å². The molecule has 0 saturated carbocycles. The van der Waals surface area contributed by atoms with Crippen molar-refractivity contribution in [2.24, 2.45) is 0 Å². The van der Waals surface area contributed by atoms with Crippen LogP contribution in [-0.4, -0.2) is 13.0 Å². The van der Waals surface area contributed by atoms with E-state index in [1.807, 2.05) is 12.1 Å². The maximum atomic E-state index is 12.3. The molecule has 2 aromatic carbocycles. The number of amides is 1. The average molecular weight is 268 g/mol. The molecule has 2 aromatic rings. The maximum Gasteiger partial charge on any atom is 0.259 e. The van der Waals surface area contributed by atoms with Gasteiger partial charge in [-0.15, -0.1) is 12.6 Å². The Bertz CT molecular complexity index is 644. The van der Waals surface area contributed by atoms with Crippen LogP contribution in [0.5, 0.6) is 0 Å². The molecule has 0 saturated heterocycles. The molecule has 0 atom stereocenters. The van der Waals surface area contributed by atoms with E-state index in [-0.39, 0.29) is 5.91 Å². The predicted octanol–water partition coefficient (Wildman–Crippen LogP) is 3.12. The Kier molecular flexibility index (Phi) is 3.88. The van der Waals surface area contributed by atoms with Crippen LogP contribution in [0.15, 0.2) is 53.4 Å². The summed E-state index contributed by atoms with van der Waals surface area (Å²) in [6.07, 6.45) is 0. The van der Waals surface area contributed by atoms with Gasteiger partial charge >= 0.3 is 0 Å². The van der Waals surface area contributed by atoms with E-state index < -0.39 is 0 Å². The minimum Gasteiger partial charge on any atom is -0.311 e. The Balaban J connectivity index is 2.29. The monoisotopic (exact) mass is 268 g/mol. The number of thiol groups is 1. The highest BCUT2D eigenvalue weighted by Crippen LogP contribution is 2.19. The average Bonchev–Trinajstić information content (AvgIpc) is 2.46. The minimum atomic E-state index is -0.129. The van der Waals surface area contributed by atoms with Crippen LogP contribution in [0.3, 0.4) is 0 Å². The zero-order valence-corrected chi connectivity index (χ0v) is 11.3. The van der Waals surface area contributed by atoms with E-state index in [2.05, 4.69) is 12.6 Å². The molecule has 19 heavy (non-hydrogen) atoms. The first-order chi connectivity index (χ1) is 9.13. The van der Waals surface area contributed by atoms with E-state index in [1.54, 1.807) is 49.5 Å². The summed E-state index contributed by atoms with van der Waals surface area (Å²) in [5, 5.41) is 8.75. The van der Waals surface area contributed by atoms with Crippen LogP contribution in [-0.2, 0) is 0 Å². The van der Waals surface area contributed by atoms with Crippen LogP contribution in [0.1, 0.15) is 15.9 Å². The van der Waals surface area contributed by atoms with E-state index in [4.69, 9.17) is 5.26 Å². The van der Waals surface area contributed by atoms with Crippen LogP contribution in [0.2, 0.25) is 0 Å². The summed E-state index contributed by atoms with van der Waals surface area (Å²) in [5.41, 5.74) is 1.86. The van der Waals surface area contributed by atoms with Gasteiger partial charge in [0.05, 0.1) is 17.2 Å². The number of nitriles is 1. The van der Waals surface area contributed by atoms with Crippen molar-refractivity contribution >= 4 is 24.2 Å². The highest BCUT2D eigenvalue weighted by atomic mass is 32.1. The summed E-state index contributed by atoms with van der Waals surface area (Å²) in [6, 6.07) is 16.1. The van der Waals surface area contributed by atoms with Gasteiger partial charge in [0.1, 0.15) is 0 Å². The van der Waals surface area contributed by atoms with Crippen LogP contribution < -0.4 is 4.90 Å². The number of nitrogens with zero attached hydrogens (tertiary/aromatic N) is 2. The molecule has 0 heterocycles. The Morgan fingerprint density at radius 1 is 1.16 bits per heavy atom. The molecule has 2 rings (SSSR count). The molecule has 1 amide bonds. The zero-order chi connectivity index (χ0) is 13.8. The van der Waals surface area contributed by atoms with Crippen LogP contribution in [0.25, 0.3) is 0 Å². The first-order valence-electron chi connectivity index (χ1n) is 5.69. The Hall–Kier alpha value is -2.25. The summed E-state index contributed by atoms with van der Waals surface area (Å²) in [4.78, 5) is 14.5. The summed E-state index contributed by atoms with van der Waals surface area (Å²) >= 11 is 4.29. The van der Waals surface area contributed by atoms with E-state index >= 15 is 0 Å². The zero-order valence-electron chi connectivity index (χ0n) is 10.4. The number of hydrogen-bond donors (Lipinski definition) is 1. The van der Waals surface area contributed by atoms with Gasteiger partial charge in [-0.1, -0.05) is 12.1 Å². The molecule has 0 spiro atoms. The molecule has 3 nitrogen and oxygen atoms in total. The van der Waals surface area contributed by atoms with Gasteiger partial charge < -0.3 is 4.90 Å². The molecule has 0 bridgehead atoms. The Morgan fingerprint density at radius 2 is 1.79 bits per heavy atom. The van der Waals surface area contributed by atoms with E-state index in [0.29, 0.717) is 16.0 Å². The highest BCUT2D eigenvalue weighted by Gasteiger charge is 2.15. The summed E-state index contributed by atoms with van der Waals surface area (Å²) in [5.74, 6) is -0.129. The number of hydrogen-bond acceptors (Lipinski definition) is 3. The molecule has 4 heteroatoms. The molecule has 0 aliphatic carbocycles. The van der Waals surface area contributed by atoms with Crippen molar-refractivity contribution in [3.8, 4) is 6.07 Å². The van der Waals surface area contributed by atoms with Crippen molar-refractivity contribution in [3.63, 3.8) is 0 Å². The van der Waals surface area contributed by atoms with Crippen molar-refractivity contribution < 1.29 is 4.79 Å². The predicted molar refractivity (Wildman–Crippen MR) is 77.6 cm³/mol. The number of anilines is 1. The fourth-order valence-electron chi connectivity index (χ4n) is 1.71. The molecule has 0 unspecified atom stereocenters. The van der Waals surface area contributed by atoms with Gasteiger partial charge in [0.15, 0.2) is 0 Å². The lowest BCUT2D eigenvalue weighted by atomic mass is 10.1. The quantitative estimate of drug-likeness (QED) is 0.850. The van der Waals surface area contributed by atoms with Crippen LogP contribution in [0, 0.1) is 11.3 Å². The third-order valence-electron chi connectivity index (χ3n) is 2.82. The summed E-state index contributed by atoms with van der Waals surface area (Å²) < 4.78 is 0. The van der Waals surface area contributed by atoms with Crippen molar-refractivity contribution in [1.82, 2.24) is 0 Å². The largest absolute Gasteiger partial charge is 0.311 e. The van der Waals surface area contributed by atoms with E-state index in [1.165, 1.54) is 4.90 Å². The maximum absolute atomic E-state index is 12.3. The van der Waals surface area contributed by atoms with Gasteiger partial charge in [0.25, 0.3) is 5.91 Å². The number of rotatable bonds is 2. The summed E-state index contributed by atoms with van der Waals surface area (Å²) in [7, 11) is 1.70. The Morgan fingerprint density at radius 3 is 2.37 bits per heavy atom. The van der Waals surface area contributed by atoms with Crippen LogP contribution in [0.4, 0.5) is 5.69 Å². The van der Waals surface area contributed by atoms with Gasteiger partial charge in [-0.3, -0.25) is 4.79 Å². The normalized spacial score (nSPS) is 9.74. The molecule has 0 fully saturated rings. The fraction of sp³-hybridized carbons (Fsp3) is 0.0667. The fourth-order valence-corrected chi connectivity index (χ4v) is 1.97. The SMILES string of the molecule is CN(C(=O)c1ccccc1S)c1ccc(C#N)cc1. The third kappa shape index (κ3) is 2.78. The molecule has 0 radical (unpaired) electrons. The number of carbonyl (C=O) groups excluding carboxylic acids is 1. The van der Waals surface area contributed by atoms with E-state index in [0.717, 1.165) is 5.69 Å². The Labute approximate surface area is 117 Å².